The normalized spacial score (nSPS) is 13.6. The third-order valence-electron chi connectivity index (χ3n) is 2.09. The second-order valence-corrected chi connectivity index (χ2v) is 3.31. The first kappa shape index (κ1) is 13.3. The Morgan fingerprint density at radius 3 is 2.35 bits per heavy atom. The lowest BCUT2D eigenvalue weighted by Crippen LogP contribution is -2.29. The maximum atomic E-state index is 12.5. The molecular weight excluding hydrogens is 233 g/mol. The van der Waals surface area contributed by atoms with Crippen molar-refractivity contribution < 1.29 is 22.7 Å². The third-order valence-corrected chi connectivity index (χ3v) is 2.09. The summed E-state index contributed by atoms with van der Waals surface area (Å²) in [6.07, 6.45) is -2.60. The van der Waals surface area contributed by atoms with Crippen LogP contribution in [0.4, 0.5) is 13.2 Å². The van der Waals surface area contributed by atoms with Crippen LogP contribution in [0.2, 0.25) is 0 Å². The average molecular weight is 244 g/mol. The summed E-state index contributed by atoms with van der Waals surface area (Å²) in [6.45, 7) is 0. The van der Waals surface area contributed by atoms with Crippen molar-refractivity contribution in [1.29, 1.82) is 0 Å². The number of rotatable bonds is 3. The van der Waals surface area contributed by atoms with Crippen molar-refractivity contribution in [3.8, 4) is 0 Å². The molecule has 0 aromatic heterocycles. The van der Waals surface area contributed by atoms with Crippen LogP contribution in [-0.2, 0) is 9.53 Å². The van der Waals surface area contributed by atoms with Crippen molar-refractivity contribution in [3.05, 3.63) is 42.0 Å². The monoisotopic (exact) mass is 244 g/mol. The average Bonchev–Trinajstić information content (AvgIpc) is 2.28. The number of alkyl halides is 3. The fraction of sp³-hybridized carbons (Fsp3) is 0.250. The zero-order valence-electron chi connectivity index (χ0n) is 9.07. The smallest absolute Gasteiger partial charge is 0.405 e. The molecule has 1 atom stereocenters. The summed E-state index contributed by atoms with van der Waals surface area (Å²) >= 11 is 0. The van der Waals surface area contributed by atoms with Gasteiger partial charge in [0.2, 0.25) is 0 Å². The molecule has 2 nitrogen and oxygen atoms in total. The Bertz CT molecular complexity index is 396. The lowest BCUT2D eigenvalue weighted by molar-refractivity contribution is -0.186. The number of esters is 1. The Morgan fingerprint density at radius 2 is 1.88 bits per heavy atom. The molecule has 5 heteroatoms. The summed E-state index contributed by atoms with van der Waals surface area (Å²) in [6, 6.07) is 8.42. The van der Waals surface area contributed by atoms with Crippen LogP contribution in [0.15, 0.2) is 36.4 Å². The summed E-state index contributed by atoms with van der Waals surface area (Å²) in [4.78, 5) is 11.0. The molecule has 0 N–H and O–H groups in total. The van der Waals surface area contributed by atoms with Crippen LogP contribution in [0.1, 0.15) is 5.56 Å². The second-order valence-electron chi connectivity index (χ2n) is 3.31. The predicted octanol–water partition coefficient (Wildman–Crippen LogP) is 3.05. The highest BCUT2D eigenvalue weighted by Gasteiger charge is 2.43. The number of carbonyl (C=O) groups is 1. The molecule has 0 aliphatic rings. The first-order valence-electron chi connectivity index (χ1n) is 4.83. The van der Waals surface area contributed by atoms with E-state index in [2.05, 4.69) is 4.74 Å². The molecule has 0 aliphatic heterocycles. The van der Waals surface area contributed by atoms with Gasteiger partial charge in [-0.2, -0.15) is 13.2 Å². The number of benzene rings is 1. The minimum Gasteiger partial charge on any atom is -0.468 e. The highest BCUT2D eigenvalue weighted by atomic mass is 19.4. The van der Waals surface area contributed by atoms with Crippen molar-refractivity contribution >= 4 is 12.0 Å². The van der Waals surface area contributed by atoms with Crippen molar-refractivity contribution in [1.82, 2.24) is 0 Å². The van der Waals surface area contributed by atoms with Crippen molar-refractivity contribution in [2.75, 3.05) is 7.11 Å². The maximum absolute atomic E-state index is 12.5. The minimum atomic E-state index is -4.64. The van der Waals surface area contributed by atoms with E-state index in [4.69, 9.17) is 0 Å². The van der Waals surface area contributed by atoms with Gasteiger partial charge in [0, 0.05) is 0 Å². The molecule has 0 aliphatic carbocycles. The van der Waals surface area contributed by atoms with Gasteiger partial charge in [0.1, 0.15) is 0 Å². The first-order chi connectivity index (χ1) is 7.95. The standard InChI is InChI=1S/C12H11F3O2/c1-17-11(16)10(12(13,14)15)8-7-9-5-3-2-4-6-9/h2-8,10H,1H3/b8-7-. The van der Waals surface area contributed by atoms with Crippen molar-refractivity contribution in [2.24, 2.45) is 5.92 Å². The number of halogens is 3. The summed E-state index contributed by atoms with van der Waals surface area (Å²) in [5.41, 5.74) is 0.589. The van der Waals surface area contributed by atoms with Crippen molar-refractivity contribution in [3.63, 3.8) is 0 Å². The fourth-order valence-electron chi connectivity index (χ4n) is 1.22. The Kier molecular flexibility index (Phi) is 4.31. The molecule has 0 spiro atoms. The van der Waals surface area contributed by atoms with E-state index in [0.29, 0.717) is 5.56 Å². The Hall–Kier alpha value is -1.78. The van der Waals surface area contributed by atoms with Gasteiger partial charge in [0.15, 0.2) is 5.92 Å². The van der Waals surface area contributed by atoms with Crippen LogP contribution < -0.4 is 0 Å². The van der Waals surface area contributed by atoms with Crippen LogP contribution in [0.25, 0.3) is 6.08 Å². The van der Waals surface area contributed by atoms with E-state index in [-0.39, 0.29) is 0 Å². The maximum Gasteiger partial charge on any atom is 0.405 e. The van der Waals surface area contributed by atoms with Crippen molar-refractivity contribution in [2.45, 2.75) is 6.18 Å². The number of methoxy groups -OCH3 is 1. The van der Waals surface area contributed by atoms with E-state index in [1.807, 2.05) is 0 Å². The molecule has 92 valence electrons. The van der Waals surface area contributed by atoms with Gasteiger partial charge in [-0.1, -0.05) is 42.5 Å². The highest BCUT2D eigenvalue weighted by Crippen LogP contribution is 2.28. The van der Waals surface area contributed by atoms with Gasteiger partial charge in [0.05, 0.1) is 7.11 Å². The zero-order valence-corrected chi connectivity index (χ0v) is 9.07. The number of carbonyl (C=O) groups excluding carboxylic acids is 1. The molecule has 0 saturated carbocycles. The summed E-state index contributed by atoms with van der Waals surface area (Å²) < 4.78 is 41.6. The lowest BCUT2D eigenvalue weighted by atomic mass is 10.1. The Morgan fingerprint density at radius 1 is 1.29 bits per heavy atom. The van der Waals surface area contributed by atoms with E-state index in [9.17, 15) is 18.0 Å². The van der Waals surface area contributed by atoms with E-state index < -0.39 is 18.1 Å². The molecular formula is C12H11F3O2. The molecule has 0 amide bonds. The van der Waals surface area contributed by atoms with Gasteiger partial charge >= 0.3 is 12.1 Å². The quantitative estimate of drug-likeness (QED) is 0.764. The summed E-state index contributed by atoms with van der Waals surface area (Å²) in [5, 5.41) is 0. The molecule has 1 aromatic rings. The van der Waals surface area contributed by atoms with E-state index in [1.165, 1.54) is 6.08 Å². The van der Waals surface area contributed by atoms with E-state index in [0.717, 1.165) is 13.2 Å². The van der Waals surface area contributed by atoms with Gasteiger partial charge in [0.25, 0.3) is 0 Å². The third kappa shape index (κ3) is 3.94. The van der Waals surface area contributed by atoms with Gasteiger partial charge < -0.3 is 4.74 Å². The fourth-order valence-corrected chi connectivity index (χ4v) is 1.22. The number of hydrogen-bond acceptors (Lipinski definition) is 2. The molecule has 17 heavy (non-hydrogen) atoms. The predicted molar refractivity (Wildman–Crippen MR) is 57.0 cm³/mol. The molecule has 0 radical (unpaired) electrons. The molecule has 0 bridgehead atoms. The molecule has 0 fully saturated rings. The summed E-state index contributed by atoms with van der Waals surface area (Å²) in [5.74, 6) is -3.54. The van der Waals surface area contributed by atoms with Crippen LogP contribution >= 0.6 is 0 Å². The minimum absolute atomic E-state index is 0.589. The van der Waals surface area contributed by atoms with Crippen LogP contribution in [0.5, 0.6) is 0 Å². The molecule has 0 saturated heterocycles. The first-order valence-corrected chi connectivity index (χ1v) is 4.83. The largest absolute Gasteiger partial charge is 0.468 e. The second kappa shape index (κ2) is 5.52. The van der Waals surface area contributed by atoms with Crippen LogP contribution in [0.3, 0.4) is 0 Å². The molecule has 1 rings (SSSR count). The van der Waals surface area contributed by atoms with Gasteiger partial charge in [-0.3, -0.25) is 4.79 Å². The SMILES string of the molecule is COC(=O)C(/C=C\c1ccccc1)C(F)(F)F. The van der Waals surface area contributed by atoms with Gasteiger partial charge in [-0.25, -0.2) is 0 Å². The zero-order chi connectivity index (χ0) is 12.9. The van der Waals surface area contributed by atoms with Crippen LogP contribution in [0, 0.1) is 5.92 Å². The highest BCUT2D eigenvalue weighted by molar-refractivity contribution is 5.76. The number of ether oxygens (including phenoxy) is 1. The molecule has 1 aromatic carbocycles. The van der Waals surface area contributed by atoms with Gasteiger partial charge in [-0.05, 0) is 5.56 Å². The molecule has 0 heterocycles. The Balaban J connectivity index is 2.88. The van der Waals surface area contributed by atoms with E-state index in [1.54, 1.807) is 30.3 Å². The van der Waals surface area contributed by atoms with Gasteiger partial charge in [-0.15, -0.1) is 0 Å². The summed E-state index contributed by atoms with van der Waals surface area (Å²) in [7, 11) is 0.928. The van der Waals surface area contributed by atoms with Crippen LogP contribution in [-0.4, -0.2) is 19.3 Å². The van der Waals surface area contributed by atoms with E-state index >= 15 is 0 Å². The lowest BCUT2D eigenvalue weighted by Gasteiger charge is -2.13. The Labute approximate surface area is 96.7 Å². The molecule has 1 unspecified atom stereocenters. The topological polar surface area (TPSA) is 26.3 Å². The number of hydrogen-bond donors (Lipinski definition) is 0.